The zero-order valence-corrected chi connectivity index (χ0v) is 12.2. The highest BCUT2D eigenvalue weighted by molar-refractivity contribution is 5.86. The van der Waals surface area contributed by atoms with Gasteiger partial charge < -0.3 is 5.32 Å². The second-order valence-corrected chi connectivity index (χ2v) is 6.49. The predicted octanol–water partition coefficient (Wildman–Crippen LogP) is 2.93. The third-order valence-corrected chi connectivity index (χ3v) is 3.87. The molecule has 0 aromatic rings. The molecule has 1 fully saturated rings. The van der Waals surface area contributed by atoms with E-state index in [9.17, 15) is 9.59 Å². The van der Waals surface area contributed by atoms with Crippen LogP contribution in [0.4, 0.5) is 0 Å². The van der Waals surface area contributed by atoms with Gasteiger partial charge >= 0.3 is 0 Å². The molecule has 0 aromatic heterocycles. The van der Waals surface area contributed by atoms with Gasteiger partial charge in [0, 0.05) is 24.3 Å². The first-order chi connectivity index (χ1) is 8.34. The molecule has 0 spiro atoms. The van der Waals surface area contributed by atoms with Crippen molar-refractivity contribution < 1.29 is 9.59 Å². The van der Waals surface area contributed by atoms with Crippen molar-refractivity contribution >= 4 is 11.7 Å². The minimum Gasteiger partial charge on any atom is -0.356 e. The Balaban J connectivity index is 2.33. The van der Waals surface area contributed by atoms with E-state index in [1.165, 1.54) is 0 Å². The summed E-state index contributed by atoms with van der Waals surface area (Å²) in [7, 11) is 0. The van der Waals surface area contributed by atoms with Gasteiger partial charge in [-0.15, -0.1) is 0 Å². The second-order valence-electron chi connectivity index (χ2n) is 6.49. The van der Waals surface area contributed by atoms with Crippen LogP contribution in [0.5, 0.6) is 0 Å². The first-order valence-corrected chi connectivity index (χ1v) is 7.15. The molecule has 0 aliphatic heterocycles. The normalized spacial score (nSPS) is 24.7. The van der Waals surface area contributed by atoms with E-state index in [4.69, 9.17) is 0 Å². The maximum Gasteiger partial charge on any atom is 0.219 e. The molecule has 0 radical (unpaired) electrons. The maximum absolute atomic E-state index is 12.2. The van der Waals surface area contributed by atoms with E-state index >= 15 is 0 Å². The molecule has 0 atom stereocenters. The standard InChI is InChI=1S/C15H27NO2/c1-5-13(17)16-10-11-6-8-12(9-7-11)14(18)15(2,3)4/h11-12H,5-10H2,1-4H3,(H,16,17). The zero-order valence-electron chi connectivity index (χ0n) is 12.2. The molecule has 1 rings (SSSR count). The van der Waals surface area contributed by atoms with Crippen LogP contribution in [0.15, 0.2) is 0 Å². The number of rotatable bonds is 4. The fraction of sp³-hybridized carbons (Fsp3) is 0.867. The van der Waals surface area contributed by atoms with Crippen molar-refractivity contribution in [1.29, 1.82) is 0 Å². The lowest BCUT2D eigenvalue weighted by Gasteiger charge is -2.31. The van der Waals surface area contributed by atoms with Crippen LogP contribution in [0.1, 0.15) is 59.8 Å². The highest BCUT2D eigenvalue weighted by Crippen LogP contribution is 2.33. The van der Waals surface area contributed by atoms with Crippen molar-refractivity contribution in [2.45, 2.75) is 59.8 Å². The Kier molecular flexibility index (Phi) is 5.36. The van der Waals surface area contributed by atoms with Crippen molar-refractivity contribution in [1.82, 2.24) is 5.32 Å². The minimum atomic E-state index is -0.214. The Hall–Kier alpha value is -0.860. The van der Waals surface area contributed by atoms with Gasteiger partial charge in [-0.05, 0) is 31.6 Å². The zero-order chi connectivity index (χ0) is 13.8. The fourth-order valence-corrected chi connectivity index (χ4v) is 2.62. The smallest absolute Gasteiger partial charge is 0.219 e. The molecule has 3 heteroatoms. The van der Waals surface area contributed by atoms with Crippen LogP contribution >= 0.6 is 0 Å². The molecule has 0 aromatic carbocycles. The summed E-state index contributed by atoms with van der Waals surface area (Å²) in [6, 6.07) is 0. The minimum absolute atomic E-state index is 0.128. The quantitative estimate of drug-likeness (QED) is 0.837. The Morgan fingerprint density at radius 3 is 2.11 bits per heavy atom. The number of carbonyl (C=O) groups is 2. The Labute approximate surface area is 111 Å². The van der Waals surface area contributed by atoms with E-state index in [0.29, 0.717) is 18.1 Å². The summed E-state index contributed by atoms with van der Waals surface area (Å²) < 4.78 is 0. The van der Waals surface area contributed by atoms with E-state index in [1.54, 1.807) is 0 Å². The van der Waals surface area contributed by atoms with Crippen molar-refractivity contribution in [2.75, 3.05) is 6.54 Å². The van der Waals surface area contributed by atoms with Crippen LogP contribution in [0.3, 0.4) is 0 Å². The van der Waals surface area contributed by atoms with Gasteiger partial charge in [0.15, 0.2) is 0 Å². The van der Waals surface area contributed by atoms with Gasteiger partial charge in [0.25, 0.3) is 0 Å². The molecule has 0 bridgehead atoms. The summed E-state index contributed by atoms with van der Waals surface area (Å²) in [6.07, 6.45) is 4.66. The van der Waals surface area contributed by atoms with Crippen molar-refractivity contribution in [3.8, 4) is 0 Å². The van der Waals surface area contributed by atoms with Gasteiger partial charge in [0.2, 0.25) is 5.91 Å². The van der Waals surface area contributed by atoms with E-state index in [-0.39, 0.29) is 17.2 Å². The van der Waals surface area contributed by atoms with E-state index in [0.717, 1.165) is 32.2 Å². The average Bonchev–Trinajstić information content (AvgIpc) is 2.34. The Morgan fingerprint density at radius 1 is 1.11 bits per heavy atom. The largest absolute Gasteiger partial charge is 0.356 e. The molecule has 1 aliphatic rings. The fourth-order valence-electron chi connectivity index (χ4n) is 2.62. The molecule has 0 unspecified atom stereocenters. The summed E-state index contributed by atoms with van der Waals surface area (Å²) >= 11 is 0. The van der Waals surface area contributed by atoms with Crippen molar-refractivity contribution in [3.05, 3.63) is 0 Å². The van der Waals surface area contributed by atoms with Gasteiger partial charge in [0.1, 0.15) is 5.78 Å². The lowest BCUT2D eigenvalue weighted by Crippen LogP contribution is -2.34. The van der Waals surface area contributed by atoms with Crippen LogP contribution in [0.25, 0.3) is 0 Å². The van der Waals surface area contributed by atoms with Gasteiger partial charge in [-0.2, -0.15) is 0 Å². The maximum atomic E-state index is 12.2. The van der Waals surface area contributed by atoms with Crippen molar-refractivity contribution in [3.63, 3.8) is 0 Å². The van der Waals surface area contributed by atoms with Gasteiger partial charge in [-0.3, -0.25) is 9.59 Å². The number of nitrogens with one attached hydrogen (secondary N) is 1. The summed E-state index contributed by atoms with van der Waals surface area (Å²) in [4.78, 5) is 23.4. The van der Waals surface area contributed by atoms with Crippen LogP contribution < -0.4 is 5.32 Å². The van der Waals surface area contributed by atoms with Gasteiger partial charge in [0.05, 0.1) is 0 Å². The molecular formula is C15H27NO2. The molecule has 0 saturated heterocycles. The van der Waals surface area contributed by atoms with E-state index < -0.39 is 0 Å². The highest BCUT2D eigenvalue weighted by atomic mass is 16.1. The van der Waals surface area contributed by atoms with Crippen LogP contribution in [0, 0.1) is 17.3 Å². The summed E-state index contributed by atoms with van der Waals surface area (Å²) in [5.41, 5.74) is -0.214. The summed E-state index contributed by atoms with van der Waals surface area (Å²) in [5, 5.41) is 2.95. The number of carbonyl (C=O) groups excluding carboxylic acids is 2. The van der Waals surface area contributed by atoms with E-state index in [2.05, 4.69) is 5.32 Å². The third kappa shape index (κ3) is 4.43. The molecule has 18 heavy (non-hydrogen) atoms. The van der Waals surface area contributed by atoms with Crippen LogP contribution in [-0.4, -0.2) is 18.2 Å². The lowest BCUT2D eigenvalue weighted by atomic mass is 9.73. The third-order valence-electron chi connectivity index (χ3n) is 3.87. The lowest BCUT2D eigenvalue weighted by molar-refractivity contribution is -0.131. The number of ketones is 1. The summed E-state index contributed by atoms with van der Waals surface area (Å²) in [6.45, 7) is 8.66. The molecule has 1 N–H and O–H groups in total. The molecule has 1 amide bonds. The molecule has 104 valence electrons. The Morgan fingerprint density at radius 2 is 1.67 bits per heavy atom. The van der Waals surface area contributed by atoms with Gasteiger partial charge in [-0.25, -0.2) is 0 Å². The predicted molar refractivity (Wildman–Crippen MR) is 73.2 cm³/mol. The van der Waals surface area contributed by atoms with E-state index in [1.807, 2.05) is 27.7 Å². The molecular weight excluding hydrogens is 226 g/mol. The highest BCUT2D eigenvalue weighted by Gasteiger charge is 2.32. The number of Topliss-reactive ketones (excluding diaryl/α,β-unsaturated/α-hetero) is 1. The molecule has 1 saturated carbocycles. The number of amides is 1. The van der Waals surface area contributed by atoms with Crippen LogP contribution in [-0.2, 0) is 9.59 Å². The average molecular weight is 253 g/mol. The topological polar surface area (TPSA) is 46.2 Å². The Bertz CT molecular complexity index is 296. The summed E-state index contributed by atoms with van der Waals surface area (Å²) in [5.74, 6) is 1.33. The first kappa shape index (κ1) is 15.2. The molecule has 1 aliphatic carbocycles. The second kappa shape index (κ2) is 6.35. The molecule has 3 nitrogen and oxygen atoms in total. The number of hydrogen-bond acceptors (Lipinski definition) is 2. The first-order valence-electron chi connectivity index (χ1n) is 7.15. The van der Waals surface area contributed by atoms with Gasteiger partial charge in [-0.1, -0.05) is 27.7 Å². The number of hydrogen-bond donors (Lipinski definition) is 1. The SMILES string of the molecule is CCC(=O)NCC1CCC(C(=O)C(C)(C)C)CC1. The van der Waals surface area contributed by atoms with Crippen molar-refractivity contribution in [2.24, 2.45) is 17.3 Å². The molecule has 0 heterocycles. The monoisotopic (exact) mass is 253 g/mol. The van der Waals surface area contributed by atoms with Crippen LogP contribution in [0.2, 0.25) is 0 Å².